The summed E-state index contributed by atoms with van der Waals surface area (Å²) >= 11 is 1.65. The smallest absolute Gasteiger partial charge is 0.182 e. The molecule has 4 heteroatoms. The minimum atomic E-state index is 0.560. The van der Waals surface area contributed by atoms with Gasteiger partial charge in [0.1, 0.15) is 0 Å². The highest BCUT2D eigenvalue weighted by molar-refractivity contribution is 7.13. The quantitative estimate of drug-likeness (QED) is 0.760. The van der Waals surface area contributed by atoms with E-state index in [1.807, 2.05) is 11.6 Å². The molecule has 2 rings (SSSR count). The SMILES string of the molecule is c1csc(NC2CCOCC2)n1. The van der Waals surface area contributed by atoms with Crippen LogP contribution in [0.4, 0.5) is 5.13 Å². The lowest BCUT2D eigenvalue weighted by Crippen LogP contribution is -2.27. The minimum absolute atomic E-state index is 0.560. The van der Waals surface area contributed by atoms with E-state index in [2.05, 4.69) is 10.3 Å². The first-order chi connectivity index (χ1) is 5.95. The van der Waals surface area contributed by atoms with Gasteiger partial charge in [-0.2, -0.15) is 0 Å². The minimum Gasteiger partial charge on any atom is -0.381 e. The Labute approximate surface area is 75.8 Å². The Kier molecular flexibility index (Phi) is 2.58. The maximum Gasteiger partial charge on any atom is 0.182 e. The number of nitrogens with zero attached hydrogens (tertiary/aromatic N) is 1. The van der Waals surface area contributed by atoms with E-state index in [0.717, 1.165) is 31.2 Å². The molecule has 0 aromatic carbocycles. The lowest BCUT2D eigenvalue weighted by Gasteiger charge is -2.22. The number of hydrogen-bond acceptors (Lipinski definition) is 4. The second kappa shape index (κ2) is 3.87. The van der Waals surface area contributed by atoms with E-state index in [4.69, 9.17) is 4.74 Å². The van der Waals surface area contributed by atoms with Crippen LogP contribution in [-0.2, 0) is 4.74 Å². The van der Waals surface area contributed by atoms with E-state index < -0.39 is 0 Å². The third-order valence-electron chi connectivity index (χ3n) is 1.98. The average Bonchev–Trinajstić information content (AvgIpc) is 2.59. The summed E-state index contributed by atoms with van der Waals surface area (Å²) in [5.41, 5.74) is 0. The van der Waals surface area contributed by atoms with Gasteiger partial charge in [0.2, 0.25) is 0 Å². The average molecular weight is 184 g/mol. The largest absolute Gasteiger partial charge is 0.381 e. The molecule has 1 saturated heterocycles. The summed E-state index contributed by atoms with van der Waals surface area (Å²) in [6.45, 7) is 1.76. The Morgan fingerprint density at radius 3 is 3.00 bits per heavy atom. The van der Waals surface area contributed by atoms with Gasteiger partial charge in [0.25, 0.3) is 0 Å². The zero-order valence-electron chi connectivity index (χ0n) is 6.82. The molecule has 12 heavy (non-hydrogen) atoms. The number of nitrogens with one attached hydrogen (secondary N) is 1. The van der Waals surface area contributed by atoms with Gasteiger partial charge in [0.15, 0.2) is 5.13 Å². The van der Waals surface area contributed by atoms with Crippen LogP contribution < -0.4 is 5.32 Å². The maximum atomic E-state index is 5.26. The Bertz CT molecular complexity index is 219. The van der Waals surface area contributed by atoms with Gasteiger partial charge in [0, 0.05) is 30.8 Å². The molecule has 3 nitrogen and oxygen atoms in total. The van der Waals surface area contributed by atoms with Crippen LogP contribution in [0.15, 0.2) is 11.6 Å². The zero-order valence-corrected chi connectivity index (χ0v) is 7.64. The van der Waals surface area contributed by atoms with Crippen molar-refractivity contribution >= 4 is 16.5 Å². The number of anilines is 1. The summed E-state index contributed by atoms with van der Waals surface area (Å²) in [5.74, 6) is 0. The normalized spacial score (nSPS) is 19.3. The molecule has 0 unspecified atom stereocenters. The van der Waals surface area contributed by atoms with Gasteiger partial charge in [-0.25, -0.2) is 4.98 Å². The summed E-state index contributed by atoms with van der Waals surface area (Å²) in [5, 5.41) is 6.41. The molecule has 1 N–H and O–H groups in total. The fourth-order valence-electron chi connectivity index (χ4n) is 1.31. The van der Waals surface area contributed by atoms with Crippen LogP contribution in [0.25, 0.3) is 0 Å². The first-order valence-electron chi connectivity index (χ1n) is 4.19. The second-order valence-electron chi connectivity index (χ2n) is 2.87. The molecule has 0 aliphatic carbocycles. The third kappa shape index (κ3) is 1.95. The second-order valence-corrected chi connectivity index (χ2v) is 3.76. The molecule has 1 fully saturated rings. The summed E-state index contributed by atoms with van der Waals surface area (Å²) in [4.78, 5) is 4.18. The van der Waals surface area contributed by atoms with Crippen molar-refractivity contribution in [1.29, 1.82) is 0 Å². The summed E-state index contributed by atoms with van der Waals surface area (Å²) in [6.07, 6.45) is 4.02. The highest BCUT2D eigenvalue weighted by Crippen LogP contribution is 2.16. The molecule has 0 amide bonds. The molecule has 1 aliphatic rings. The molecule has 1 aromatic heterocycles. The summed E-state index contributed by atoms with van der Waals surface area (Å²) in [7, 11) is 0. The van der Waals surface area contributed by atoms with Crippen molar-refractivity contribution in [3.63, 3.8) is 0 Å². The van der Waals surface area contributed by atoms with E-state index in [0.29, 0.717) is 6.04 Å². The van der Waals surface area contributed by atoms with Crippen LogP contribution in [0.1, 0.15) is 12.8 Å². The van der Waals surface area contributed by atoms with Gasteiger partial charge in [0.05, 0.1) is 0 Å². The summed E-state index contributed by atoms with van der Waals surface area (Å²) in [6, 6.07) is 0.560. The molecule has 1 aliphatic heterocycles. The number of rotatable bonds is 2. The highest BCUT2D eigenvalue weighted by atomic mass is 32.1. The van der Waals surface area contributed by atoms with Crippen LogP contribution in [0.5, 0.6) is 0 Å². The molecule has 0 radical (unpaired) electrons. The first-order valence-corrected chi connectivity index (χ1v) is 5.07. The predicted molar refractivity (Wildman–Crippen MR) is 49.6 cm³/mol. The van der Waals surface area contributed by atoms with Crippen molar-refractivity contribution in [3.05, 3.63) is 11.6 Å². The fourth-order valence-corrected chi connectivity index (χ4v) is 1.92. The van der Waals surface area contributed by atoms with Gasteiger partial charge in [-0.05, 0) is 12.8 Å². The molecule has 2 heterocycles. The molecule has 0 spiro atoms. The number of aromatic nitrogens is 1. The van der Waals surface area contributed by atoms with Crippen LogP contribution in [0, 0.1) is 0 Å². The molecular formula is C8H12N2OS. The molecular weight excluding hydrogens is 172 g/mol. The lowest BCUT2D eigenvalue weighted by atomic mass is 10.1. The standard InChI is InChI=1S/C8H12N2OS/c1-4-11-5-2-7(1)10-8-9-3-6-12-8/h3,6-7H,1-2,4-5H2,(H,9,10). The van der Waals surface area contributed by atoms with Crippen LogP contribution in [0.2, 0.25) is 0 Å². The van der Waals surface area contributed by atoms with Crippen molar-refractivity contribution in [1.82, 2.24) is 4.98 Å². The molecule has 66 valence electrons. The van der Waals surface area contributed by atoms with E-state index in [-0.39, 0.29) is 0 Å². The predicted octanol–water partition coefficient (Wildman–Crippen LogP) is 1.73. The first kappa shape index (κ1) is 8.01. The summed E-state index contributed by atoms with van der Waals surface area (Å²) < 4.78 is 5.26. The van der Waals surface area contributed by atoms with E-state index in [9.17, 15) is 0 Å². The van der Waals surface area contributed by atoms with Crippen molar-refractivity contribution in [2.45, 2.75) is 18.9 Å². The van der Waals surface area contributed by atoms with Crippen LogP contribution in [0.3, 0.4) is 0 Å². The van der Waals surface area contributed by atoms with Crippen LogP contribution in [-0.4, -0.2) is 24.2 Å². The zero-order chi connectivity index (χ0) is 8.23. The Morgan fingerprint density at radius 1 is 1.50 bits per heavy atom. The highest BCUT2D eigenvalue weighted by Gasteiger charge is 2.13. The number of hydrogen-bond donors (Lipinski definition) is 1. The number of thiazole rings is 1. The van der Waals surface area contributed by atoms with Gasteiger partial charge in [-0.15, -0.1) is 11.3 Å². The van der Waals surface area contributed by atoms with Gasteiger partial charge < -0.3 is 10.1 Å². The third-order valence-corrected chi connectivity index (χ3v) is 2.69. The molecule has 0 bridgehead atoms. The van der Waals surface area contributed by atoms with E-state index >= 15 is 0 Å². The van der Waals surface area contributed by atoms with Crippen molar-refractivity contribution in [2.75, 3.05) is 18.5 Å². The maximum absolute atomic E-state index is 5.26. The number of ether oxygens (including phenoxy) is 1. The Hall–Kier alpha value is -0.610. The Morgan fingerprint density at radius 2 is 2.33 bits per heavy atom. The van der Waals surface area contributed by atoms with Crippen molar-refractivity contribution < 1.29 is 4.74 Å². The van der Waals surface area contributed by atoms with Gasteiger partial charge in [-0.3, -0.25) is 0 Å². The molecule has 0 atom stereocenters. The van der Waals surface area contributed by atoms with Crippen molar-refractivity contribution in [2.24, 2.45) is 0 Å². The van der Waals surface area contributed by atoms with Gasteiger partial charge >= 0.3 is 0 Å². The molecule has 0 saturated carbocycles. The monoisotopic (exact) mass is 184 g/mol. The Balaban J connectivity index is 1.86. The fraction of sp³-hybridized carbons (Fsp3) is 0.625. The van der Waals surface area contributed by atoms with Crippen LogP contribution >= 0.6 is 11.3 Å². The molecule has 1 aromatic rings. The van der Waals surface area contributed by atoms with Gasteiger partial charge in [-0.1, -0.05) is 0 Å². The topological polar surface area (TPSA) is 34.1 Å². The van der Waals surface area contributed by atoms with E-state index in [1.54, 1.807) is 11.3 Å². The lowest BCUT2D eigenvalue weighted by molar-refractivity contribution is 0.0904. The van der Waals surface area contributed by atoms with E-state index in [1.165, 1.54) is 0 Å². The van der Waals surface area contributed by atoms with Crippen molar-refractivity contribution in [3.8, 4) is 0 Å².